The van der Waals surface area contributed by atoms with Gasteiger partial charge in [-0.25, -0.2) is 22.2 Å². The summed E-state index contributed by atoms with van der Waals surface area (Å²) in [5, 5.41) is 1.94. The Kier molecular flexibility index (Phi) is 21.2. The van der Waals surface area contributed by atoms with Crippen LogP contribution in [0.1, 0.15) is 80.6 Å². The zero-order chi connectivity index (χ0) is 37.7. The van der Waals surface area contributed by atoms with E-state index in [1.54, 1.807) is 14.2 Å². The highest BCUT2D eigenvalue weighted by atomic mass is 32.2. The number of methoxy groups -OCH3 is 1. The number of aldehydes is 1. The van der Waals surface area contributed by atoms with Crippen LogP contribution in [0.5, 0.6) is 0 Å². The van der Waals surface area contributed by atoms with Crippen LogP contribution in [0.3, 0.4) is 0 Å². The van der Waals surface area contributed by atoms with Gasteiger partial charge in [0.05, 0.1) is 29.6 Å². The molecule has 0 fully saturated rings. The van der Waals surface area contributed by atoms with Crippen LogP contribution in [-0.2, 0) is 38.8 Å². The average Bonchev–Trinajstić information content (AvgIpc) is 3.60. The summed E-state index contributed by atoms with van der Waals surface area (Å²) in [6.45, 7) is 9.78. The Morgan fingerprint density at radius 1 is 1.04 bits per heavy atom. The minimum absolute atomic E-state index is 0.148. The summed E-state index contributed by atoms with van der Waals surface area (Å²) in [5.74, 6) is -1.82. The lowest BCUT2D eigenvalue weighted by molar-refractivity contribution is -0.109. The van der Waals surface area contributed by atoms with E-state index in [1.807, 2.05) is 13.8 Å². The topological polar surface area (TPSA) is 147 Å². The predicted molar refractivity (Wildman–Crippen MR) is 196 cm³/mol. The van der Waals surface area contributed by atoms with Gasteiger partial charge >= 0.3 is 0 Å². The number of H-pyrrole nitrogens is 1. The molecule has 0 bridgehead atoms. The smallest absolute Gasteiger partial charge is 0.269 e. The fraction of sp³-hybridized carbons (Fsp3) is 0.541. The highest BCUT2D eigenvalue weighted by Gasteiger charge is 2.28. The molecular formula is C37H57F2N5O5S. The Hall–Kier alpha value is -3.52. The van der Waals surface area contributed by atoms with E-state index in [2.05, 4.69) is 70.1 Å². The first kappa shape index (κ1) is 44.5. The molecule has 0 spiro atoms. The maximum atomic E-state index is 13.3. The minimum atomic E-state index is -3.44. The van der Waals surface area contributed by atoms with Gasteiger partial charge in [-0.1, -0.05) is 64.8 Å². The molecule has 4 N–H and O–H groups in total. The molecule has 2 aromatic carbocycles. The number of ether oxygens (including phenoxy) is 1. The summed E-state index contributed by atoms with van der Waals surface area (Å²) in [6, 6.07) is 11.0. The molecule has 1 heterocycles. The van der Waals surface area contributed by atoms with Gasteiger partial charge in [0.2, 0.25) is 0 Å². The first-order chi connectivity index (χ1) is 23.7. The molecule has 0 aliphatic rings. The predicted octanol–water partition coefficient (Wildman–Crippen LogP) is 5.52. The monoisotopic (exact) mass is 721 g/mol. The maximum absolute atomic E-state index is 13.3. The largest absolute Gasteiger partial charge is 0.388 e. The third kappa shape index (κ3) is 16.9. The number of imidazole rings is 1. The first-order valence-corrected chi connectivity index (χ1v) is 18.8. The standard InChI is InChI=1S/C21H28F2N2.C14H23N3O4S.C2H6O/c1-4-16-6-5-7-17(8-16)14-25(3)13-15(2)21(24)11-18-9-19(22)12-20(23)10-18;1-3-5-12(6-4-2)22(20,21)9-11(8-18)17-14(19)13-7-15-10-16-13;1-3-2/h5-10,12,15,21H,4,11,13-14,24H2,1-3H3;7-8,10-12H,3-6,9H2,1-2H3,(H,15,16)(H,17,19);1-2H3. The number of nitrogens with two attached hydrogens (primary N) is 1. The quantitative estimate of drug-likeness (QED) is 0.146. The van der Waals surface area contributed by atoms with E-state index in [0.29, 0.717) is 31.1 Å². The van der Waals surface area contributed by atoms with Gasteiger partial charge in [0, 0.05) is 39.4 Å². The Labute approximate surface area is 297 Å². The van der Waals surface area contributed by atoms with Gasteiger partial charge in [0.1, 0.15) is 23.6 Å². The van der Waals surface area contributed by atoms with Crippen molar-refractivity contribution >= 4 is 22.0 Å². The summed E-state index contributed by atoms with van der Waals surface area (Å²) >= 11 is 0. The van der Waals surface area contributed by atoms with E-state index in [1.165, 1.54) is 35.8 Å². The second kappa shape index (κ2) is 23.8. The molecule has 3 aromatic rings. The molecule has 10 nitrogen and oxygen atoms in total. The zero-order valence-electron chi connectivity index (χ0n) is 30.6. The lowest BCUT2D eigenvalue weighted by atomic mass is 9.95. The Balaban J connectivity index is 0.000000467. The molecule has 1 amide bonds. The fourth-order valence-corrected chi connectivity index (χ4v) is 7.55. The van der Waals surface area contributed by atoms with E-state index in [4.69, 9.17) is 5.73 Å². The van der Waals surface area contributed by atoms with Crippen molar-refractivity contribution < 1.29 is 31.5 Å². The molecule has 50 heavy (non-hydrogen) atoms. The number of amides is 1. The molecular weight excluding hydrogens is 665 g/mol. The highest BCUT2D eigenvalue weighted by molar-refractivity contribution is 7.92. The van der Waals surface area contributed by atoms with Gasteiger partial charge in [0.15, 0.2) is 9.84 Å². The van der Waals surface area contributed by atoms with Gasteiger partial charge in [-0.2, -0.15) is 0 Å². The molecule has 1 aromatic heterocycles. The van der Waals surface area contributed by atoms with Gasteiger partial charge in [-0.15, -0.1) is 0 Å². The number of rotatable bonds is 18. The van der Waals surface area contributed by atoms with Crippen LogP contribution in [0.25, 0.3) is 0 Å². The van der Waals surface area contributed by atoms with Crippen LogP contribution >= 0.6 is 0 Å². The molecule has 0 saturated heterocycles. The van der Waals surface area contributed by atoms with Crippen LogP contribution in [-0.4, -0.2) is 86.4 Å². The summed E-state index contributed by atoms with van der Waals surface area (Å²) in [5.41, 5.74) is 9.68. The third-order valence-electron chi connectivity index (χ3n) is 7.94. The third-order valence-corrected chi connectivity index (χ3v) is 10.3. The normalized spacial score (nSPS) is 13.0. The number of hydrogen-bond acceptors (Lipinski definition) is 8. The van der Waals surface area contributed by atoms with Gasteiger partial charge in [-0.3, -0.25) is 4.79 Å². The lowest BCUT2D eigenvalue weighted by Crippen LogP contribution is -2.43. The molecule has 0 radical (unpaired) electrons. The molecule has 13 heteroatoms. The van der Waals surface area contributed by atoms with E-state index < -0.39 is 38.7 Å². The second-order valence-corrected chi connectivity index (χ2v) is 14.9. The number of nitrogens with zero attached hydrogens (tertiary/aromatic N) is 2. The van der Waals surface area contributed by atoms with Gasteiger partial charge in [0.25, 0.3) is 5.91 Å². The molecule has 3 rings (SSSR count). The summed E-state index contributed by atoms with van der Waals surface area (Å²) in [7, 11) is 1.88. The van der Waals surface area contributed by atoms with Gasteiger partial charge < -0.3 is 30.5 Å². The van der Waals surface area contributed by atoms with Crippen LogP contribution in [0, 0.1) is 17.6 Å². The molecule has 280 valence electrons. The fourth-order valence-electron chi connectivity index (χ4n) is 5.43. The van der Waals surface area contributed by atoms with E-state index in [-0.39, 0.29) is 23.4 Å². The van der Waals surface area contributed by atoms with Crippen molar-refractivity contribution in [1.82, 2.24) is 20.2 Å². The van der Waals surface area contributed by atoms with Crippen LogP contribution in [0.2, 0.25) is 0 Å². The Morgan fingerprint density at radius 3 is 2.16 bits per heavy atom. The number of halogens is 2. The number of aromatic amines is 1. The molecule has 3 atom stereocenters. The molecule has 0 aliphatic heterocycles. The number of carbonyl (C=O) groups excluding carboxylic acids is 2. The van der Waals surface area contributed by atoms with E-state index in [9.17, 15) is 26.8 Å². The van der Waals surface area contributed by atoms with Crippen molar-refractivity contribution in [3.63, 3.8) is 0 Å². The number of hydrogen-bond donors (Lipinski definition) is 3. The second-order valence-electron chi connectivity index (χ2n) is 12.6. The van der Waals surface area contributed by atoms with Crippen molar-refractivity contribution in [2.75, 3.05) is 33.6 Å². The number of sulfone groups is 1. The first-order valence-electron chi connectivity index (χ1n) is 17.1. The van der Waals surface area contributed by atoms with Crippen LogP contribution < -0.4 is 11.1 Å². The summed E-state index contributed by atoms with van der Waals surface area (Å²) in [4.78, 5) is 31.5. The highest BCUT2D eigenvalue weighted by Crippen LogP contribution is 2.17. The molecule has 0 aliphatic carbocycles. The number of carbonyl (C=O) groups is 2. The maximum Gasteiger partial charge on any atom is 0.269 e. The van der Waals surface area contributed by atoms with Crippen molar-refractivity contribution in [2.24, 2.45) is 11.7 Å². The van der Waals surface area contributed by atoms with Crippen molar-refractivity contribution in [3.8, 4) is 0 Å². The van der Waals surface area contributed by atoms with Crippen molar-refractivity contribution in [1.29, 1.82) is 0 Å². The van der Waals surface area contributed by atoms with E-state index in [0.717, 1.165) is 38.4 Å². The van der Waals surface area contributed by atoms with Crippen molar-refractivity contribution in [3.05, 3.63) is 89.0 Å². The Bertz CT molecular complexity index is 1480. The Morgan fingerprint density at radius 2 is 1.64 bits per heavy atom. The SMILES string of the molecule is CCCC(CCC)S(=O)(=O)CC(C=O)NC(=O)c1cnc[nH]1.CCc1cccc(CN(C)CC(C)C(N)Cc2cc(F)cc(F)c2)c1.COC. The number of nitrogens with one attached hydrogen (secondary N) is 2. The number of aryl methyl sites for hydroxylation is 1. The zero-order valence-corrected chi connectivity index (χ0v) is 31.4. The minimum Gasteiger partial charge on any atom is -0.388 e. The molecule has 3 unspecified atom stereocenters. The van der Waals surface area contributed by atoms with Gasteiger partial charge in [-0.05, 0) is 67.5 Å². The summed E-state index contributed by atoms with van der Waals surface area (Å²) < 4.78 is 55.7. The summed E-state index contributed by atoms with van der Waals surface area (Å²) in [6.07, 6.45) is 7.25. The van der Waals surface area contributed by atoms with Crippen LogP contribution in [0.4, 0.5) is 8.78 Å². The van der Waals surface area contributed by atoms with Crippen LogP contribution in [0.15, 0.2) is 55.0 Å². The number of aromatic nitrogens is 2. The molecule has 0 saturated carbocycles. The lowest BCUT2D eigenvalue weighted by Gasteiger charge is -2.26. The van der Waals surface area contributed by atoms with Crippen molar-refractivity contribution in [2.45, 2.75) is 90.1 Å². The van der Waals surface area contributed by atoms with E-state index >= 15 is 0 Å². The average molecular weight is 722 g/mol. The number of benzene rings is 2.